The lowest BCUT2D eigenvalue weighted by atomic mass is 10.6. The summed E-state index contributed by atoms with van der Waals surface area (Å²) in [7, 11) is -1.23. The standard InChI is InChI=1S/C3H5Cl3Si.C3H8Cl2Si/c1-2-3-7(4,5)6;1-2-3-6(4)5/h2H,1,3H2;6H,2-3H2,1H3. The van der Waals surface area contributed by atoms with E-state index in [1.165, 1.54) is 0 Å². The van der Waals surface area contributed by atoms with E-state index in [9.17, 15) is 0 Å². The van der Waals surface area contributed by atoms with Crippen LogP contribution < -0.4 is 0 Å². The Labute approximate surface area is 106 Å². The van der Waals surface area contributed by atoms with Crippen molar-refractivity contribution in [1.82, 2.24) is 0 Å². The zero-order valence-corrected chi connectivity index (χ0v) is 13.3. The Hall–Kier alpha value is 1.62. The van der Waals surface area contributed by atoms with Crippen LogP contribution in [-0.4, -0.2) is 13.4 Å². The Balaban J connectivity index is 0. The van der Waals surface area contributed by atoms with Gasteiger partial charge in [-0.15, -0.1) is 39.8 Å². The average molecular weight is 319 g/mol. The number of halogens is 5. The third-order valence-corrected chi connectivity index (χ3v) is 5.35. The van der Waals surface area contributed by atoms with Gasteiger partial charge in [0.1, 0.15) is 0 Å². The second-order valence-electron chi connectivity index (χ2n) is 2.29. The van der Waals surface area contributed by atoms with Gasteiger partial charge in [0.2, 0.25) is 7.42 Å². The monoisotopic (exact) mass is 316 g/mol. The Morgan fingerprint density at radius 3 is 1.77 bits per heavy atom. The molecule has 0 aliphatic heterocycles. The summed E-state index contributed by atoms with van der Waals surface area (Å²) in [5, 5.41) is 0. The minimum atomic E-state index is -2.36. The number of rotatable bonds is 4. The van der Waals surface area contributed by atoms with Crippen molar-refractivity contribution in [3.8, 4) is 0 Å². The van der Waals surface area contributed by atoms with Crippen molar-refractivity contribution in [2.45, 2.75) is 25.4 Å². The van der Waals surface area contributed by atoms with Gasteiger partial charge in [-0.25, -0.2) is 0 Å². The van der Waals surface area contributed by atoms with Gasteiger partial charge in [-0.3, -0.25) is 0 Å². The zero-order valence-electron chi connectivity index (χ0n) is 7.37. The molecule has 0 nitrogen and oxygen atoms in total. The lowest BCUT2D eigenvalue weighted by Crippen LogP contribution is -2.05. The predicted octanol–water partition coefficient (Wildman–Crippen LogP) is 4.92. The molecule has 0 aliphatic rings. The average Bonchev–Trinajstić information content (AvgIpc) is 1.84. The fourth-order valence-corrected chi connectivity index (χ4v) is 3.44. The summed E-state index contributed by atoms with van der Waals surface area (Å²) in [6.07, 6.45) is 2.75. The maximum atomic E-state index is 5.48. The van der Waals surface area contributed by atoms with Gasteiger partial charge in [-0.2, -0.15) is 22.2 Å². The largest absolute Gasteiger partial charge is 0.344 e. The molecule has 0 saturated heterocycles. The fraction of sp³-hybridized carbons (Fsp3) is 0.667. The molecule has 80 valence electrons. The van der Waals surface area contributed by atoms with Crippen LogP contribution in [0, 0.1) is 0 Å². The van der Waals surface area contributed by atoms with Gasteiger partial charge in [0, 0.05) is 6.04 Å². The molecule has 0 aromatic heterocycles. The van der Waals surface area contributed by atoms with Crippen LogP contribution in [0.3, 0.4) is 0 Å². The van der Waals surface area contributed by atoms with Crippen LogP contribution in [0.2, 0.25) is 12.1 Å². The van der Waals surface area contributed by atoms with E-state index in [4.69, 9.17) is 55.4 Å². The molecule has 0 bridgehead atoms. The third kappa shape index (κ3) is 24.8. The maximum Gasteiger partial charge on any atom is 0.344 e. The predicted molar refractivity (Wildman–Crippen MR) is 72.3 cm³/mol. The summed E-state index contributed by atoms with van der Waals surface area (Å²) in [6, 6.07) is -0.774. The Kier molecular flexibility index (Phi) is 13.3. The van der Waals surface area contributed by atoms with Crippen LogP contribution in [0.25, 0.3) is 0 Å². The van der Waals surface area contributed by atoms with Gasteiger partial charge in [0.15, 0.2) is 0 Å². The summed E-state index contributed by atoms with van der Waals surface area (Å²) in [5.41, 5.74) is 0. The molecular formula is C6H13Cl5Si2. The Morgan fingerprint density at radius 1 is 1.31 bits per heavy atom. The molecule has 0 aromatic rings. The molecule has 0 amide bonds. The molecule has 0 fully saturated rings. The normalized spacial score (nSPS) is 10.7. The third-order valence-electron chi connectivity index (χ3n) is 0.883. The topological polar surface area (TPSA) is 0 Å². The second kappa shape index (κ2) is 10.2. The molecule has 0 spiro atoms. The maximum absolute atomic E-state index is 5.48. The van der Waals surface area contributed by atoms with Crippen LogP contribution in [0.4, 0.5) is 0 Å². The summed E-state index contributed by atoms with van der Waals surface area (Å²) in [6.45, 7) is 5.52. The first-order valence-electron chi connectivity index (χ1n) is 3.79. The molecule has 0 N–H and O–H groups in total. The molecule has 0 radical (unpaired) electrons. The van der Waals surface area contributed by atoms with Gasteiger partial charge >= 0.3 is 6.00 Å². The quantitative estimate of drug-likeness (QED) is 0.392. The van der Waals surface area contributed by atoms with Crippen molar-refractivity contribution in [2.75, 3.05) is 0 Å². The Morgan fingerprint density at radius 2 is 1.77 bits per heavy atom. The minimum absolute atomic E-state index is 0.539. The molecule has 0 saturated carbocycles. The lowest BCUT2D eigenvalue weighted by molar-refractivity contribution is 1.08. The van der Waals surface area contributed by atoms with Gasteiger partial charge in [0.25, 0.3) is 0 Å². The highest BCUT2D eigenvalue weighted by Gasteiger charge is 2.21. The minimum Gasteiger partial charge on any atom is -0.150 e. The summed E-state index contributed by atoms with van der Waals surface area (Å²) in [5.74, 6) is 0. The van der Waals surface area contributed by atoms with E-state index in [0.717, 1.165) is 12.5 Å². The van der Waals surface area contributed by atoms with Crippen molar-refractivity contribution < 1.29 is 0 Å². The van der Waals surface area contributed by atoms with Crippen molar-refractivity contribution >= 4 is 68.8 Å². The second-order valence-corrected chi connectivity index (χ2v) is 16.7. The van der Waals surface area contributed by atoms with Crippen LogP contribution >= 0.6 is 55.4 Å². The van der Waals surface area contributed by atoms with E-state index in [2.05, 4.69) is 13.5 Å². The molecule has 0 aromatic carbocycles. The van der Waals surface area contributed by atoms with Crippen LogP contribution in [-0.2, 0) is 0 Å². The molecule has 0 atom stereocenters. The van der Waals surface area contributed by atoms with Crippen molar-refractivity contribution in [3.05, 3.63) is 12.7 Å². The molecule has 7 heteroatoms. The van der Waals surface area contributed by atoms with Gasteiger partial charge in [0.05, 0.1) is 0 Å². The van der Waals surface area contributed by atoms with Crippen LogP contribution in [0.5, 0.6) is 0 Å². The number of hydrogen-bond donors (Lipinski definition) is 0. The first-order valence-corrected chi connectivity index (χ1v) is 13.3. The first-order chi connectivity index (χ1) is 5.83. The number of allylic oxidation sites excluding steroid dienone is 1. The fourth-order valence-electron chi connectivity index (χ4n) is 0.382. The lowest BCUT2D eigenvalue weighted by Gasteiger charge is -1.99. The SMILES string of the molecule is C=CC[Si](Cl)(Cl)Cl.CCC[SiH](Cl)Cl. The molecular weight excluding hydrogens is 306 g/mol. The molecule has 0 heterocycles. The van der Waals surface area contributed by atoms with E-state index < -0.39 is 13.4 Å². The zero-order chi connectivity index (χ0) is 10.9. The van der Waals surface area contributed by atoms with Gasteiger partial charge < -0.3 is 0 Å². The first kappa shape index (κ1) is 17.0. The summed E-state index contributed by atoms with van der Waals surface area (Å²) >= 11 is 27.3. The van der Waals surface area contributed by atoms with Crippen LogP contribution in [0.1, 0.15) is 13.3 Å². The van der Waals surface area contributed by atoms with Crippen molar-refractivity contribution in [1.29, 1.82) is 0 Å². The highest BCUT2D eigenvalue weighted by molar-refractivity contribution is 7.64. The highest BCUT2D eigenvalue weighted by atomic mass is 35.8. The van der Waals surface area contributed by atoms with Gasteiger partial charge in [-0.1, -0.05) is 19.4 Å². The van der Waals surface area contributed by atoms with Crippen molar-refractivity contribution in [3.63, 3.8) is 0 Å². The van der Waals surface area contributed by atoms with Crippen LogP contribution in [0.15, 0.2) is 12.7 Å². The Bertz CT molecular complexity index is 123. The summed E-state index contributed by atoms with van der Waals surface area (Å²) in [4.78, 5) is 0. The van der Waals surface area contributed by atoms with E-state index in [-0.39, 0.29) is 0 Å². The van der Waals surface area contributed by atoms with Crippen molar-refractivity contribution in [2.24, 2.45) is 0 Å². The molecule has 0 unspecified atom stereocenters. The molecule has 0 aliphatic carbocycles. The smallest absolute Gasteiger partial charge is 0.150 e. The van der Waals surface area contributed by atoms with E-state index >= 15 is 0 Å². The van der Waals surface area contributed by atoms with E-state index in [0.29, 0.717) is 6.04 Å². The van der Waals surface area contributed by atoms with E-state index in [1.54, 1.807) is 6.08 Å². The molecule has 0 rings (SSSR count). The number of hydrogen-bond acceptors (Lipinski definition) is 0. The van der Waals surface area contributed by atoms with E-state index in [1.807, 2.05) is 0 Å². The summed E-state index contributed by atoms with van der Waals surface area (Å²) < 4.78 is 0. The highest BCUT2D eigenvalue weighted by Crippen LogP contribution is 2.24. The molecule has 13 heavy (non-hydrogen) atoms. The van der Waals surface area contributed by atoms with Gasteiger partial charge in [-0.05, 0) is 6.04 Å².